The van der Waals surface area contributed by atoms with Crippen LogP contribution in [0.3, 0.4) is 0 Å². The lowest BCUT2D eigenvalue weighted by Gasteiger charge is -2.46. The number of hydrogen-bond acceptors (Lipinski definition) is 3. The van der Waals surface area contributed by atoms with Crippen LogP contribution in [0.1, 0.15) is 37.8 Å². The van der Waals surface area contributed by atoms with Crippen molar-refractivity contribution in [1.82, 2.24) is 4.90 Å². The standard InChI is InChI=1S/C22H29NO2/c1-17(2)22(25,20-8-10-21(24)11-9-20)23-14-12-19(13-15-23)16-18-6-4-3-5-7-18/h3-11,17,19,24-25H,12-16H2,1-2H3. The first-order valence-electron chi connectivity index (χ1n) is 9.31. The van der Waals surface area contributed by atoms with Crippen LogP contribution in [0.2, 0.25) is 0 Å². The fraction of sp³-hybridized carbons (Fsp3) is 0.455. The molecule has 1 heterocycles. The summed E-state index contributed by atoms with van der Waals surface area (Å²) < 4.78 is 0. The molecule has 0 aromatic heterocycles. The highest BCUT2D eigenvalue weighted by Crippen LogP contribution is 2.37. The quantitative estimate of drug-likeness (QED) is 0.860. The molecule has 0 spiro atoms. The number of rotatable bonds is 5. The van der Waals surface area contributed by atoms with Crippen LogP contribution in [0.4, 0.5) is 0 Å². The predicted molar refractivity (Wildman–Crippen MR) is 101 cm³/mol. The first-order chi connectivity index (χ1) is 12.0. The Balaban J connectivity index is 1.69. The van der Waals surface area contributed by atoms with Gasteiger partial charge in [0.25, 0.3) is 0 Å². The maximum Gasteiger partial charge on any atom is 0.146 e. The predicted octanol–water partition coefficient (Wildman–Crippen LogP) is 4.15. The van der Waals surface area contributed by atoms with Crippen LogP contribution in [0.15, 0.2) is 54.6 Å². The third-order valence-electron chi connectivity index (χ3n) is 5.56. The van der Waals surface area contributed by atoms with Crippen LogP contribution < -0.4 is 0 Å². The van der Waals surface area contributed by atoms with Crippen molar-refractivity contribution in [3.8, 4) is 5.75 Å². The third-order valence-corrected chi connectivity index (χ3v) is 5.56. The molecule has 25 heavy (non-hydrogen) atoms. The normalized spacial score (nSPS) is 19.0. The fourth-order valence-electron chi connectivity index (χ4n) is 4.01. The molecule has 3 nitrogen and oxygen atoms in total. The molecule has 1 fully saturated rings. The Labute approximate surface area is 150 Å². The largest absolute Gasteiger partial charge is 0.508 e. The number of piperidine rings is 1. The molecule has 1 saturated heterocycles. The summed E-state index contributed by atoms with van der Waals surface area (Å²) in [6, 6.07) is 17.7. The lowest BCUT2D eigenvalue weighted by molar-refractivity contribution is -0.160. The zero-order valence-electron chi connectivity index (χ0n) is 15.2. The Hall–Kier alpha value is -1.84. The SMILES string of the molecule is CC(C)C(O)(c1ccc(O)cc1)N1CCC(Cc2ccccc2)CC1. The van der Waals surface area contributed by atoms with Gasteiger partial charge in [0.2, 0.25) is 0 Å². The second-order valence-electron chi connectivity index (χ2n) is 7.55. The number of nitrogens with zero attached hydrogens (tertiary/aromatic N) is 1. The molecular weight excluding hydrogens is 310 g/mol. The van der Waals surface area contributed by atoms with Crippen molar-refractivity contribution in [1.29, 1.82) is 0 Å². The molecule has 1 aliphatic rings. The number of hydrogen-bond donors (Lipinski definition) is 2. The van der Waals surface area contributed by atoms with E-state index in [1.54, 1.807) is 12.1 Å². The highest BCUT2D eigenvalue weighted by molar-refractivity contribution is 5.30. The molecule has 1 atom stereocenters. The van der Waals surface area contributed by atoms with E-state index >= 15 is 0 Å². The minimum absolute atomic E-state index is 0.0720. The molecule has 0 aliphatic carbocycles. The molecule has 0 bridgehead atoms. The number of aromatic hydroxyl groups is 1. The van der Waals surface area contributed by atoms with Gasteiger partial charge in [-0.05, 0) is 48.4 Å². The molecule has 0 amide bonds. The van der Waals surface area contributed by atoms with Crippen molar-refractivity contribution in [2.45, 2.75) is 38.8 Å². The monoisotopic (exact) mass is 339 g/mol. The first-order valence-corrected chi connectivity index (χ1v) is 9.31. The zero-order chi connectivity index (χ0) is 17.9. The summed E-state index contributed by atoms with van der Waals surface area (Å²) in [6.45, 7) is 5.91. The van der Waals surface area contributed by atoms with E-state index in [0.717, 1.165) is 37.9 Å². The Morgan fingerprint density at radius 2 is 1.60 bits per heavy atom. The molecule has 3 rings (SSSR count). The van der Waals surface area contributed by atoms with E-state index < -0.39 is 5.72 Å². The van der Waals surface area contributed by atoms with Crippen molar-refractivity contribution in [2.75, 3.05) is 13.1 Å². The van der Waals surface area contributed by atoms with E-state index in [9.17, 15) is 10.2 Å². The first kappa shape index (κ1) is 18.0. The molecule has 1 unspecified atom stereocenters. The topological polar surface area (TPSA) is 43.7 Å². The molecule has 1 aliphatic heterocycles. The Morgan fingerprint density at radius 1 is 1.00 bits per heavy atom. The van der Waals surface area contributed by atoms with Crippen molar-refractivity contribution in [2.24, 2.45) is 11.8 Å². The van der Waals surface area contributed by atoms with E-state index in [-0.39, 0.29) is 11.7 Å². The van der Waals surface area contributed by atoms with Crippen LogP contribution in [0, 0.1) is 11.8 Å². The summed E-state index contributed by atoms with van der Waals surface area (Å²) >= 11 is 0. The van der Waals surface area contributed by atoms with Gasteiger partial charge < -0.3 is 10.2 Å². The minimum Gasteiger partial charge on any atom is -0.508 e. The summed E-state index contributed by atoms with van der Waals surface area (Å²) in [5, 5.41) is 21.0. The van der Waals surface area contributed by atoms with Crippen molar-refractivity contribution in [3.05, 3.63) is 65.7 Å². The number of phenolic OH excluding ortho intramolecular Hbond substituents is 1. The molecule has 0 saturated carbocycles. The van der Waals surface area contributed by atoms with Crippen LogP contribution in [-0.4, -0.2) is 28.2 Å². The van der Waals surface area contributed by atoms with E-state index in [2.05, 4.69) is 49.1 Å². The fourth-order valence-corrected chi connectivity index (χ4v) is 4.01. The highest BCUT2D eigenvalue weighted by atomic mass is 16.3. The molecule has 2 aromatic carbocycles. The van der Waals surface area contributed by atoms with E-state index in [4.69, 9.17) is 0 Å². The lowest BCUT2D eigenvalue weighted by Crippen LogP contribution is -2.53. The van der Waals surface area contributed by atoms with Gasteiger partial charge >= 0.3 is 0 Å². The summed E-state index contributed by atoms with van der Waals surface area (Å²) in [4.78, 5) is 2.21. The van der Waals surface area contributed by atoms with Gasteiger partial charge in [-0.3, -0.25) is 4.90 Å². The molecule has 3 heteroatoms. The summed E-state index contributed by atoms with van der Waals surface area (Å²) in [7, 11) is 0. The Kier molecular flexibility index (Phi) is 5.45. The van der Waals surface area contributed by atoms with Gasteiger partial charge in [0.15, 0.2) is 0 Å². The van der Waals surface area contributed by atoms with E-state index in [1.807, 2.05) is 12.1 Å². The van der Waals surface area contributed by atoms with Crippen molar-refractivity contribution >= 4 is 0 Å². The van der Waals surface area contributed by atoms with E-state index in [0.29, 0.717) is 5.92 Å². The zero-order valence-corrected chi connectivity index (χ0v) is 15.2. The van der Waals surface area contributed by atoms with Gasteiger partial charge in [-0.1, -0.05) is 56.3 Å². The number of likely N-dealkylation sites (tertiary alicyclic amines) is 1. The number of aliphatic hydroxyl groups is 1. The van der Waals surface area contributed by atoms with Crippen LogP contribution in [0.25, 0.3) is 0 Å². The maximum absolute atomic E-state index is 11.5. The second kappa shape index (κ2) is 7.59. The van der Waals surface area contributed by atoms with Crippen molar-refractivity contribution in [3.63, 3.8) is 0 Å². The molecule has 134 valence electrons. The summed E-state index contributed by atoms with van der Waals surface area (Å²) in [5.41, 5.74) is 1.28. The third kappa shape index (κ3) is 3.88. The van der Waals surface area contributed by atoms with Crippen LogP contribution >= 0.6 is 0 Å². The van der Waals surface area contributed by atoms with Gasteiger partial charge in [-0.25, -0.2) is 0 Å². The van der Waals surface area contributed by atoms with Gasteiger partial charge in [0.05, 0.1) is 0 Å². The number of phenols is 1. The Morgan fingerprint density at radius 3 is 2.16 bits per heavy atom. The van der Waals surface area contributed by atoms with Gasteiger partial charge in [0.1, 0.15) is 11.5 Å². The highest BCUT2D eigenvalue weighted by Gasteiger charge is 2.41. The average molecular weight is 339 g/mol. The maximum atomic E-state index is 11.5. The van der Waals surface area contributed by atoms with E-state index in [1.165, 1.54) is 5.56 Å². The van der Waals surface area contributed by atoms with Crippen LogP contribution in [-0.2, 0) is 12.1 Å². The average Bonchev–Trinajstić information content (AvgIpc) is 2.63. The van der Waals surface area contributed by atoms with Gasteiger partial charge in [0, 0.05) is 19.0 Å². The summed E-state index contributed by atoms with van der Waals surface area (Å²) in [6.07, 6.45) is 3.32. The Bertz CT molecular complexity index is 660. The molecule has 0 radical (unpaired) electrons. The molecule has 2 N–H and O–H groups in total. The number of benzene rings is 2. The smallest absolute Gasteiger partial charge is 0.146 e. The molecular formula is C22H29NO2. The lowest BCUT2D eigenvalue weighted by atomic mass is 9.84. The second-order valence-corrected chi connectivity index (χ2v) is 7.55. The minimum atomic E-state index is -0.981. The van der Waals surface area contributed by atoms with Crippen molar-refractivity contribution < 1.29 is 10.2 Å². The van der Waals surface area contributed by atoms with Crippen LogP contribution in [0.5, 0.6) is 5.75 Å². The summed E-state index contributed by atoms with van der Waals surface area (Å²) in [5.74, 6) is 0.981. The van der Waals surface area contributed by atoms with Gasteiger partial charge in [-0.15, -0.1) is 0 Å². The van der Waals surface area contributed by atoms with Gasteiger partial charge in [-0.2, -0.15) is 0 Å². The molecule has 2 aromatic rings.